The standard InChI is InChI=1S/C22H23ClN4O2/c1-14-3-8-19(23)11-20(14)27-10-9-16(13-27)12-24-21(28)17-4-6-18(7-5-17)22-25-15(2)26-29-22/h3-8,11,16H,9-10,12-13H2,1-2H3,(H,24,28). The number of benzene rings is 2. The van der Waals surface area contributed by atoms with Gasteiger partial charge >= 0.3 is 0 Å². The van der Waals surface area contributed by atoms with Crippen LogP contribution in [0.4, 0.5) is 5.69 Å². The van der Waals surface area contributed by atoms with E-state index in [1.807, 2.05) is 30.3 Å². The Morgan fingerprint density at radius 3 is 2.76 bits per heavy atom. The number of hydrogen-bond acceptors (Lipinski definition) is 5. The maximum absolute atomic E-state index is 12.5. The quantitative estimate of drug-likeness (QED) is 0.680. The molecule has 1 saturated heterocycles. The summed E-state index contributed by atoms with van der Waals surface area (Å²) < 4.78 is 5.15. The second-order valence-corrected chi connectivity index (χ2v) is 7.90. The van der Waals surface area contributed by atoms with Gasteiger partial charge in [0.1, 0.15) is 0 Å². The highest BCUT2D eigenvalue weighted by atomic mass is 35.5. The molecule has 4 rings (SSSR count). The highest BCUT2D eigenvalue weighted by Crippen LogP contribution is 2.29. The number of amides is 1. The number of carbonyl (C=O) groups excluding carboxylic acids is 1. The molecule has 2 heterocycles. The van der Waals surface area contributed by atoms with E-state index in [1.54, 1.807) is 19.1 Å². The number of carbonyl (C=O) groups is 1. The van der Waals surface area contributed by atoms with Gasteiger partial charge in [0.15, 0.2) is 5.82 Å². The van der Waals surface area contributed by atoms with Crippen LogP contribution < -0.4 is 10.2 Å². The third kappa shape index (κ3) is 4.43. The molecular weight excluding hydrogens is 388 g/mol. The molecule has 1 aliphatic rings. The van der Waals surface area contributed by atoms with Crippen molar-refractivity contribution in [3.05, 3.63) is 64.4 Å². The van der Waals surface area contributed by atoms with Crippen LogP contribution in [0.15, 0.2) is 47.0 Å². The van der Waals surface area contributed by atoms with Gasteiger partial charge in [0, 0.05) is 41.5 Å². The highest BCUT2D eigenvalue weighted by molar-refractivity contribution is 6.30. The summed E-state index contributed by atoms with van der Waals surface area (Å²) in [6.45, 7) is 6.41. The monoisotopic (exact) mass is 410 g/mol. The van der Waals surface area contributed by atoms with Crippen LogP contribution in [0, 0.1) is 19.8 Å². The summed E-state index contributed by atoms with van der Waals surface area (Å²) in [4.78, 5) is 19.1. The fourth-order valence-electron chi connectivity index (χ4n) is 3.66. The van der Waals surface area contributed by atoms with Crippen molar-refractivity contribution in [1.29, 1.82) is 0 Å². The van der Waals surface area contributed by atoms with Gasteiger partial charge in [-0.25, -0.2) is 0 Å². The Hall–Kier alpha value is -2.86. The van der Waals surface area contributed by atoms with E-state index in [9.17, 15) is 4.79 Å². The average Bonchev–Trinajstić information content (AvgIpc) is 3.37. The molecule has 1 amide bonds. The van der Waals surface area contributed by atoms with Crippen molar-refractivity contribution in [2.24, 2.45) is 5.92 Å². The minimum absolute atomic E-state index is 0.0735. The first-order chi connectivity index (χ1) is 14.0. The fraction of sp³-hybridized carbons (Fsp3) is 0.318. The third-order valence-corrected chi connectivity index (χ3v) is 5.51. The molecule has 29 heavy (non-hydrogen) atoms. The molecule has 0 saturated carbocycles. The summed E-state index contributed by atoms with van der Waals surface area (Å²) in [6, 6.07) is 13.2. The van der Waals surface area contributed by atoms with Crippen molar-refractivity contribution >= 4 is 23.2 Å². The van der Waals surface area contributed by atoms with Crippen LogP contribution in [0.5, 0.6) is 0 Å². The van der Waals surface area contributed by atoms with Gasteiger partial charge < -0.3 is 14.7 Å². The molecule has 1 aliphatic heterocycles. The van der Waals surface area contributed by atoms with Crippen LogP contribution in [-0.2, 0) is 0 Å². The number of nitrogens with zero attached hydrogens (tertiary/aromatic N) is 3. The summed E-state index contributed by atoms with van der Waals surface area (Å²) in [5.41, 5.74) is 3.81. The van der Waals surface area contributed by atoms with E-state index in [1.165, 1.54) is 11.3 Å². The molecule has 1 N–H and O–H groups in total. The predicted molar refractivity (Wildman–Crippen MR) is 113 cm³/mol. The predicted octanol–water partition coefficient (Wildman–Crippen LogP) is 4.26. The number of hydrogen-bond donors (Lipinski definition) is 1. The van der Waals surface area contributed by atoms with E-state index in [4.69, 9.17) is 16.1 Å². The van der Waals surface area contributed by atoms with Gasteiger partial charge in [-0.3, -0.25) is 4.79 Å². The van der Waals surface area contributed by atoms with Gasteiger partial charge in [0.05, 0.1) is 0 Å². The largest absolute Gasteiger partial charge is 0.371 e. The Morgan fingerprint density at radius 2 is 2.03 bits per heavy atom. The number of aromatic nitrogens is 2. The molecule has 0 spiro atoms. The van der Waals surface area contributed by atoms with Crippen molar-refractivity contribution < 1.29 is 9.32 Å². The molecule has 1 atom stereocenters. The second-order valence-electron chi connectivity index (χ2n) is 7.47. The lowest BCUT2D eigenvalue weighted by Gasteiger charge is -2.21. The number of rotatable bonds is 5. The molecule has 0 aliphatic carbocycles. The zero-order valence-corrected chi connectivity index (χ0v) is 17.2. The molecule has 1 fully saturated rings. The van der Waals surface area contributed by atoms with Crippen molar-refractivity contribution in [2.45, 2.75) is 20.3 Å². The molecule has 7 heteroatoms. The van der Waals surface area contributed by atoms with Crippen molar-refractivity contribution in [3.8, 4) is 11.5 Å². The van der Waals surface area contributed by atoms with E-state index in [2.05, 4.69) is 27.3 Å². The van der Waals surface area contributed by atoms with Crippen LogP contribution in [0.2, 0.25) is 5.02 Å². The fourth-order valence-corrected chi connectivity index (χ4v) is 3.83. The Morgan fingerprint density at radius 1 is 1.24 bits per heavy atom. The van der Waals surface area contributed by atoms with Gasteiger partial charge in [-0.15, -0.1) is 0 Å². The topological polar surface area (TPSA) is 71.3 Å². The summed E-state index contributed by atoms with van der Waals surface area (Å²) in [5.74, 6) is 1.38. The molecule has 3 aromatic rings. The van der Waals surface area contributed by atoms with Crippen LogP contribution in [0.3, 0.4) is 0 Å². The molecule has 0 bridgehead atoms. The normalized spacial score (nSPS) is 16.2. The molecule has 1 unspecified atom stereocenters. The number of anilines is 1. The maximum atomic E-state index is 12.5. The number of halogens is 1. The Balaban J connectivity index is 1.32. The molecule has 6 nitrogen and oxygen atoms in total. The van der Waals surface area contributed by atoms with Crippen LogP contribution in [-0.4, -0.2) is 35.7 Å². The zero-order chi connectivity index (χ0) is 20.4. The van der Waals surface area contributed by atoms with E-state index < -0.39 is 0 Å². The van der Waals surface area contributed by atoms with Gasteiger partial charge in [-0.2, -0.15) is 4.98 Å². The number of aryl methyl sites for hydroxylation is 2. The minimum Gasteiger partial charge on any atom is -0.371 e. The Kier molecular flexibility index (Phi) is 5.53. The van der Waals surface area contributed by atoms with E-state index >= 15 is 0 Å². The minimum atomic E-state index is -0.0735. The lowest BCUT2D eigenvalue weighted by atomic mass is 10.1. The van der Waals surface area contributed by atoms with E-state index in [-0.39, 0.29) is 5.91 Å². The average molecular weight is 411 g/mol. The van der Waals surface area contributed by atoms with Crippen LogP contribution in [0.1, 0.15) is 28.2 Å². The number of nitrogens with one attached hydrogen (secondary N) is 1. The van der Waals surface area contributed by atoms with Gasteiger partial charge in [-0.1, -0.05) is 22.8 Å². The lowest BCUT2D eigenvalue weighted by Crippen LogP contribution is -2.31. The van der Waals surface area contributed by atoms with E-state index in [0.29, 0.717) is 29.7 Å². The molecule has 0 radical (unpaired) electrons. The first-order valence-electron chi connectivity index (χ1n) is 9.69. The van der Waals surface area contributed by atoms with Gasteiger partial charge in [-0.05, 0) is 68.1 Å². The van der Waals surface area contributed by atoms with Crippen molar-refractivity contribution in [3.63, 3.8) is 0 Å². The SMILES string of the molecule is Cc1noc(-c2ccc(C(=O)NCC3CCN(c4cc(Cl)ccc4C)C3)cc2)n1. The highest BCUT2D eigenvalue weighted by Gasteiger charge is 2.24. The molecular formula is C22H23ClN4O2. The lowest BCUT2D eigenvalue weighted by molar-refractivity contribution is 0.0948. The zero-order valence-electron chi connectivity index (χ0n) is 16.5. The third-order valence-electron chi connectivity index (χ3n) is 5.27. The maximum Gasteiger partial charge on any atom is 0.257 e. The smallest absolute Gasteiger partial charge is 0.257 e. The second kappa shape index (κ2) is 8.25. The summed E-state index contributed by atoms with van der Waals surface area (Å²) in [6.07, 6.45) is 1.04. The van der Waals surface area contributed by atoms with Crippen LogP contribution >= 0.6 is 11.6 Å². The first-order valence-corrected chi connectivity index (χ1v) is 10.1. The van der Waals surface area contributed by atoms with Gasteiger partial charge in [0.25, 0.3) is 11.8 Å². The summed E-state index contributed by atoms with van der Waals surface area (Å²) >= 11 is 6.16. The molecule has 1 aromatic heterocycles. The van der Waals surface area contributed by atoms with Crippen LogP contribution in [0.25, 0.3) is 11.5 Å². The Labute approximate surface area is 174 Å². The molecule has 2 aromatic carbocycles. The molecule has 150 valence electrons. The van der Waals surface area contributed by atoms with Crippen molar-refractivity contribution in [1.82, 2.24) is 15.5 Å². The first kappa shape index (κ1) is 19.5. The van der Waals surface area contributed by atoms with Gasteiger partial charge in [0.2, 0.25) is 0 Å². The van der Waals surface area contributed by atoms with Crippen molar-refractivity contribution in [2.75, 3.05) is 24.5 Å². The Bertz CT molecular complexity index is 1020. The van der Waals surface area contributed by atoms with E-state index in [0.717, 1.165) is 30.1 Å². The summed E-state index contributed by atoms with van der Waals surface area (Å²) in [5, 5.41) is 7.60. The summed E-state index contributed by atoms with van der Waals surface area (Å²) in [7, 11) is 0.